The molecule has 3 aromatic carbocycles. The van der Waals surface area contributed by atoms with Gasteiger partial charge in [0.1, 0.15) is 13.2 Å². The van der Waals surface area contributed by atoms with E-state index in [0.717, 1.165) is 27.8 Å². The van der Waals surface area contributed by atoms with Gasteiger partial charge in [0.15, 0.2) is 0 Å². The molecule has 8 heteroatoms. The maximum Gasteiger partial charge on any atom is 0.410 e. The Hall–Kier alpha value is -4.33. The molecule has 2 amide bonds. The number of nitrogens with zero attached hydrogens (tertiary/aromatic N) is 1. The molecular weight excluding hydrogens is 496 g/mol. The SMILES string of the molecule is O=C(O)CC(NC(=O)OCC1c2ccccc2-c2ccccc21)C1CCCN(C(=O)OCc2ccccc2)C1. The number of rotatable bonds is 8. The summed E-state index contributed by atoms with van der Waals surface area (Å²) in [5, 5.41) is 12.3. The number of alkyl carbamates (subject to hydrolysis) is 1. The highest BCUT2D eigenvalue weighted by molar-refractivity contribution is 5.79. The molecule has 2 unspecified atom stereocenters. The van der Waals surface area contributed by atoms with Crippen molar-refractivity contribution >= 4 is 18.2 Å². The first-order valence-electron chi connectivity index (χ1n) is 13.3. The molecule has 39 heavy (non-hydrogen) atoms. The van der Waals surface area contributed by atoms with E-state index in [9.17, 15) is 19.5 Å². The van der Waals surface area contributed by atoms with Crippen LogP contribution in [0.2, 0.25) is 0 Å². The van der Waals surface area contributed by atoms with Crippen LogP contribution < -0.4 is 5.32 Å². The maximum atomic E-state index is 12.9. The fourth-order valence-electron chi connectivity index (χ4n) is 5.63. The van der Waals surface area contributed by atoms with Crippen molar-refractivity contribution in [2.24, 2.45) is 5.92 Å². The molecule has 0 bridgehead atoms. The van der Waals surface area contributed by atoms with Crippen molar-refractivity contribution in [1.82, 2.24) is 10.2 Å². The third-order valence-corrected chi connectivity index (χ3v) is 7.53. The number of piperidine rings is 1. The number of carbonyl (C=O) groups is 3. The Morgan fingerprint density at radius 1 is 0.897 bits per heavy atom. The van der Waals surface area contributed by atoms with E-state index in [1.807, 2.05) is 66.7 Å². The van der Waals surface area contributed by atoms with Crippen LogP contribution in [0, 0.1) is 5.92 Å². The first-order chi connectivity index (χ1) is 19.0. The van der Waals surface area contributed by atoms with Crippen molar-refractivity contribution in [3.63, 3.8) is 0 Å². The van der Waals surface area contributed by atoms with Gasteiger partial charge in [-0.15, -0.1) is 0 Å². The highest BCUT2D eigenvalue weighted by Gasteiger charge is 2.34. The molecule has 1 saturated heterocycles. The number of hydrogen-bond acceptors (Lipinski definition) is 5. The van der Waals surface area contributed by atoms with Gasteiger partial charge in [-0.3, -0.25) is 4.79 Å². The summed E-state index contributed by atoms with van der Waals surface area (Å²) in [6.45, 7) is 1.13. The van der Waals surface area contributed by atoms with Gasteiger partial charge in [0.25, 0.3) is 0 Å². The second kappa shape index (κ2) is 12.0. The number of fused-ring (bicyclic) bond motifs is 3. The Morgan fingerprint density at radius 2 is 1.54 bits per heavy atom. The van der Waals surface area contributed by atoms with E-state index < -0.39 is 24.2 Å². The average Bonchev–Trinajstić information content (AvgIpc) is 3.28. The van der Waals surface area contributed by atoms with Gasteiger partial charge in [-0.05, 0) is 46.6 Å². The standard InChI is InChI=1S/C31H32N2O6/c34-29(35)17-28(22-11-8-16-33(18-22)31(37)39-19-21-9-2-1-3-10-21)32-30(36)38-20-27-25-14-6-4-12-23(25)24-13-5-7-15-26(24)27/h1-7,9-10,12-15,22,27-28H,8,11,16-20H2,(H,32,36)(H,34,35). The molecule has 202 valence electrons. The molecule has 1 aliphatic heterocycles. The Morgan fingerprint density at radius 3 is 2.21 bits per heavy atom. The first-order valence-corrected chi connectivity index (χ1v) is 13.3. The van der Waals surface area contributed by atoms with E-state index in [0.29, 0.717) is 25.9 Å². The highest BCUT2D eigenvalue weighted by atomic mass is 16.6. The van der Waals surface area contributed by atoms with E-state index in [1.54, 1.807) is 4.90 Å². The number of likely N-dealkylation sites (tertiary alicyclic amines) is 1. The third kappa shape index (κ3) is 6.22. The second-order valence-electron chi connectivity index (χ2n) is 10.1. The van der Waals surface area contributed by atoms with Crippen LogP contribution in [0.4, 0.5) is 9.59 Å². The molecule has 0 saturated carbocycles. The van der Waals surface area contributed by atoms with E-state index in [4.69, 9.17) is 9.47 Å². The fourth-order valence-corrected chi connectivity index (χ4v) is 5.63. The van der Waals surface area contributed by atoms with Crippen LogP contribution in [0.25, 0.3) is 11.1 Å². The lowest BCUT2D eigenvalue weighted by Crippen LogP contribution is -2.50. The molecule has 2 N–H and O–H groups in total. The molecule has 2 aliphatic rings. The molecule has 0 aromatic heterocycles. The number of hydrogen-bond donors (Lipinski definition) is 2. The van der Waals surface area contributed by atoms with Gasteiger partial charge < -0.3 is 24.8 Å². The maximum absolute atomic E-state index is 12.9. The van der Waals surface area contributed by atoms with Crippen LogP contribution >= 0.6 is 0 Å². The molecule has 1 heterocycles. The lowest BCUT2D eigenvalue weighted by atomic mass is 9.89. The van der Waals surface area contributed by atoms with Gasteiger partial charge in [0.2, 0.25) is 0 Å². The monoisotopic (exact) mass is 528 g/mol. The predicted molar refractivity (Wildman–Crippen MR) is 145 cm³/mol. The van der Waals surface area contributed by atoms with Crippen molar-refractivity contribution in [3.8, 4) is 11.1 Å². The molecule has 3 aromatic rings. The number of benzene rings is 3. The number of carbonyl (C=O) groups excluding carboxylic acids is 2. The number of nitrogens with one attached hydrogen (secondary N) is 1. The quantitative estimate of drug-likeness (QED) is 0.405. The normalized spacial score (nSPS) is 17.0. The lowest BCUT2D eigenvalue weighted by molar-refractivity contribution is -0.138. The van der Waals surface area contributed by atoms with Crippen molar-refractivity contribution in [2.75, 3.05) is 19.7 Å². The molecule has 1 aliphatic carbocycles. The summed E-state index contributed by atoms with van der Waals surface area (Å²) in [5.41, 5.74) is 5.36. The molecule has 5 rings (SSSR count). The number of ether oxygens (including phenoxy) is 2. The van der Waals surface area contributed by atoms with Gasteiger partial charge in [0, 0.05) is 25.0 Å². The Kier molecular flexibility index (Phi) is 8.10. The second-order valence-corrected chi connectivity index (χ2v) is 10.1. The molecule has 2 atom stereocenters. The van der Waals surface area contributed by atoms with Crippen LogP contribution in [0.3, 0.4) is 0 Å². The van der Waals surface area contributed by atoms with Gasteiger partial charge in [-0.1, -0.05) is 78.9 Å². The summed E-state index contributed by atoms with van der Waals surface area (Å²) in [6.07, 6.45) is 0.00467. The summed E-state index contributed by atoms with van der Waals surface area (Å²) < 4.78 is 11.1. The van der Waals surface area contributed by atoms with Crippen LogP contribution in [0.1, 0.15) is 41.9 Å². The summed E-state index contributed by atoms with van der Waals surface area (Å²) >= 11 is 0. The molecule has 1 fully saturated rings. The third-order valence-electron chi connectivity index (χ3n) is 7.53. The highest BCUT2D eigenvalue weighted by Crippen LogP contribution is 2.44. The predicted octanol–water partition coefficient (Wildman–Crippen LogP) is 5.42. The molecule has 0 radical (unpaired) electrons. The van der Waals surface area contributed by atoms with Crippen LogP contribution in [0.5, 0.6) is 0 Å². The van der Waals surface area contributed by atoms with Crippen LogP contribution in [-0.4, -0.2) is 53.9 Å². The van der Waals surface area contributed by atoms with Crippen LogP contribution in [-0.2, 0) is 20.9 Å². The van der Waals surface area contributed by atoms with Crippen molar-refractivity contribution in [3.05, 3.63) is 95.6 Å². The zero-order chi connectivity index (χ0) is 27.2. The zero-order valence-electron chi connectivity index (χ0n) is 21.6. The minimum Gasteiger partial charge on any atom is -0.481 e. The fraction of sp³-hybridized carbons (Fsp3) is 0.323. The summed E-state index contributed by atoms with van der Waals surface area (Å²) in [4.78, 5) is 38.9. The van der Waals surface area contributed by atoms with E-state index >= 15 is 0 Å². The van der Waals surface area contributed by atoms with Gasteiger partial charge >= 0.3 is 18.2 Å². The molecule has 0 spiro atoms. The Balaban J connectivity index is 1.19. The number of amides is 2. The van der Waals surface area contributed by atoms with Crippen molar-refractivity contribution < 1.29 is 29.0 Å². The number of carboxylic acid groups (broad SMARTS) is 1. The Bertz CT molecular complexity index is 1280. The first kappa shape index (κ1) is 26.3. The van der Waals surface area contributed by atoms with Crippen LogP contribution in [0.15, 0.2) is 78.9 Å². The van der Waals surface area contributed by atoms with Gasteiger partial charge in [-0.25, -0.2) is 9.59 Å². The van der Waals surface area contributed by atoms with Crippen molar-refractivity contribution in [1.29, 1.82) is 0 Å². The summed E-state index contributed by atoms with van der Waals surface area (Å²) in [7, 11) is 0. The topological polar surface area (TPSA) is 105 Å². The zero-order valence-corrected chi connectivity index (χ0v) is 21.6. The summed E-state index contributed by atoms with van der Waals surface area (Å²) in [6, 6.07) is 24.9. The minimum atomic E-state index is -1.03. The molecular formula is C31H32N2O6. The van der Waals surface area contributed by atoms with E-state index in [-0.39, 0.29) is 31.5 Å². The van der Waals surface area contributed by atoms with E-state index in [1.165, 1.54) is 0 Å². The average molecular weight is 529 g/mol. The largest absolute Gasteiger partial charge is 0.481 e. The lowest BCUT2D eigenvalue weighted by Gasteiger charge is -2.36. The number of carboxylic acids is 1. The molecule has 8 nitrogen and oxygen atoms in total. The van der Waals surface area contributed by atoms with Gasteiger partial charge in [0.05, 0.1) is 6.42 Å². The van der Waals surface area contributed by atoms with E-state index in [2.05, 4.69) is 17.4 Å². The minimum absolute atomic E-state index is 0.0920. The van der Waals surface area contributed by atoms with Gasteiger partial charge in [-0.2, -0.15) is 0 Å². The summed E-state index contributed by atoms with van der Waals surface area (Å²) in [5.74, 6) is -1.35. The van der Waals surface area contributed by atoms with Crippen molar-refractivity contribution in [2.45, 2.75) is 37.8 Å². The number of aliphatic carboxylic acids is 1. The Labute approximate surface area is 227 Å². The smallest absolute Gasteiger partial charge is 0.410 e.